The molecule has 0 N–H and O–H groups in total. The Balaban J connectivity index is 1.78. The van der Waals surface area contributed by atoms with Gasteiger partial charge in [0.1, 0.15) is 0 Å². The highest BCUT2D eigenvalue weighted by molar-refractivity contribution is 8.01. The Morgan fingerprint density at radius 1 is 1.18 bits per heavy atom. The van der Waals surface area contributed by atoms with Crippen LogP contribution in [0.3, 0.4) is 0 Å². The van der Waals surface area contributed by atoms with Gasteiger partial charge in [0.15, 0.2) is 0 Å². The summed E-state index contributed by atoms with van der Waals surface area (Å²) in [5.41, 5.74) is 0. The fourth-order valence-electron chi connectivity index (χ4n) is 2.97. The zero-order valence-corrected chi connectivity index (χ0v) is 10.9. The summed E-state index contributed by atoms with van der Waals surface area (Å²) < 4.78 is 0. The number of fused-ring (bicyclic) bond motifs is 5. The lowest BCUT2D eigenvalue weighted by Crippen LogP contribution is -2.34. The Labute approximate surface area is 106 Å². The Kier molecular flexibility index (Phi) is 2.58. The molecule has 4 unspecified atom stereocenters. The molecule has 3 aliphatic rings. The maximum absolute atomic E-state index is 12.3. The van der Waals surface area contributed by atoms with Crippen LogP contribution in [0.5, 0.6) is 0 Å². The fraction of sp³-hybridized carbons (Fsp3) is 0.692. The highest BCUT2D eigenvalue weighted by Gasteiger charge is 2.59. The second kappa shape index (κ2) is 3.87. The lowest BCUT2D eigenvalue weighted by atomic mass is 9.85. The standard InChI is InChI=1S/C13H17NO2S/c1-7(2)5-6-14-12(15)10-8-3-4-9(17-8)11(10)13(14)16/h3-4,7-11H,5-6H2,1-2H3. The number of carbonyl (C=O) groups excluding carboxylic acids is 2. The van der Waals surface area contributed by atoms with Crippen LogP contribution in [-0.2, 0) is 9.59 Å². The molecule has 3 heterocycles. The summed E-state index contributed by atoms with van der Waals surface area (Å²) in [6, 6.07) is 0. The predicted octanol–water partition coefficient (Wildman–Crippen LogP) is 1.69. The minimum absolute atomic E-state index is 0.0605. The Morgan fingerprint density at radius 2 is 1.71 bits per heavy atom. The lowest BCUT2D eigenvalue weighted by Gasteiger charge is -2.17. The number of rotatable bonds is 3. The molecule has 0 radical (unpaired) electrons. The molecule has 92 valence electrons. The molecule has 3 rings (SSSR count). The van der Waals surface area contributed by atoms with Crippen molar-refractivity contribution in [2.45, 2.75) is 30.8 Å². The van der Waals surface area contributed by atoms with Crippen LogP contribution in [0.15, 0.2) is 12.2 Å². The average molecular weight is 251 g/mol. The summed E-state index contributed by atoms with van der Waals surface area (Å²) in [5, 5.41) is 0.510. The Bertz CT molecular complexity index is 374. The normalized spacial score (nSPS) is 38.6. The Hall–Kier alpha value is -0.770. The summed E-state index contributed by atoms with van der Waals surface area (Å²) in [6.45, 7) is 4.84. The second-order valence-corrected chi connectivity index (χ2v) is 6.87. The van der Waals surface area contributed by atoms with E-state index in [0.29, 0.717) is 12.5 Å². The van der Waals surface area contributed by atoms with Crippen molar-refractivity contribution >= 4 is 23.6 Å². The first-order valence-corrected chi connectivity index (χ1v) is 7.23. The van der Waals surface area contributed by atoms with Gasteiger partial charge in [-0.1, -0.05) is 26.0 Å². The molecule has 2 amide bonds. The third kappa shape index (κ3) is 1.57. The van der Waals surface area contributed by atoms with Gasteiger partial charge in [0.2, 0.25) is 11.8 Å². The highest BCUT2D eigenvalue weighted by Crippen LogP contribution is 2.53. The first-order valence-electron chi connectivity index (χ1n) is 6.28. The van der Waals surface area contributed by atoms with Gasteiger partial charge in [-0.05, 0) is 12.3 Å². The van der Waals surface area contributed by atoms with E-state index in [1.54, 1.807) is 11.8 Å². The fourth-order valence-corrected chi connectivity index (χ4v) is 4.61. The van der Waals surface area contributed by atoms with Crippen LogP contribution in [-0.4, -0.2) is 33.8 Å². The first kappa shape index (κ1) is 11.3. The first-order chi connectivity index (χ1) is 8.09. The quantitative estimate of drug-likeness (QED) is 0.566. The summed E-state index contributed by atoms with van der Waals surface area (Å²) in [5.74, 6) is 0.555. The molecular formula is C13H17NO2S. The van der Waals surface area contributed by atoms with Gasteiger partial charge in [0, 0.05) is 17.0 Å². The van der Waals surface area contributed by atoms with Crippen LogP contribution in [0.1, 0.15) is 20.3 Å². The number of amides is 2. The van der Waals surface area contributed by atoms with E-state index >= 15 is 0 Å². The van der Waals surface area contributed by atoms with Crippen LogP contribution >= 0.6 is 11.8 Å². The third-order valence-corrected chi connectivity index (χ3v) is 5.46. The van der Waals surface area contributed by atoms with E-state index in [1.165, 1.54) is 4.90 Å². The van der Waals surface area contributed by atoms with Crippen molar-refractivity contribution in [1.29, 1.82) is 0 Å². The van der Waals surface area contributed by atoms with E-state index in [-0.39, 0.29) is 34.2 Å². The van der Waals surface area contributed by atoms with Crippen molar-refractivity contribution in [2.75, 3.05) is 6.54 Å². The molecular weight excluding hydrogens is 234 g/mol. The van der Waals surface area contributed by atoms with Crippen molar-refractivity contribution in [1.82, 2.24) is 4.90 Å². The minimum atomic E-state index is -0.0605. The van der Waals surface area contributed by atoms with Crippen molar-refractivity contribution in [3.8, 4) is 0 Å². The van der Waals surface area contributed by atoms with Gasteiger partial charge in [0.05, 0.1) is 11.8 Å². The number of hydrogen-bond acceptors (Lipinski definition) is 3. The smallest absolute Gasteiger partial charge is 0.234 e. The number of thioether (sulfide) groups is 1. The van der Waals surface area contributed by atoms with Gasteiger partial charge in [0.25, 0.3) is 0 Å². The molecule has 0 saturated carbocycles. The maximum atomic E-state index is 12.3. The molecule has 2 bridgehead atoms. The van der Waals surface area contributed by atoms with Gasteiger partial charge in [-0.3, -0.25) is 14.5 Å². The predicted molar refractivity (Wildman–Crippen MR) is 67.5 cm³/mol. The lowest BCUT2D eigenvalue weighted by molar-refractivity contribution is -0.140. The number of hydrogen-bond donors (Lipinski definition) is 0. The summed E-state index contributed by atoms with van der Waals surface area (Å²) in [6.07, 6.45) is 5.12. The van der Waals surface area contributed by atoms with E-state index in [2.05, 4.69) is 26.0 Å². The molecule has 0 aromatic carbocycles. The SMILES string of the molecule is CC(C)CCN1C(=O)C2C3C=CC(S3)C2C1=O. The molecule has 0 aromatic rings. The molecule has 0 aliphatic carbocycles. The van der Waals surface area contributed by atoms with Gasteiger partial charge >= 0.3 is 0 Å². The largest absolute Gasteiger partial charge is 0.282 e. The zero-order chi connectivity index (χ0) is 12.2. The van der Waals surface area contributed by atoms with E-state index < -0.39 is 0 Å². The molecule has 3 aliphatic heterocycles. The van der Waals surface area contributed by atoms with Crippen molar-refractivity contribution in [3.05, 3.63) is 12.2 Å². The Morgan fingerprint density at radius 3 is 2.18 bits per heavy atom. The van der Waals surface area contributed by atoms with E-state index in [4.69, 9.17) is 0 Å². The molecule has 2 fully saturated rings. The van der Waals surface area contributed by atoms with Gasteiger partial charge in [-0.25, -0.2) is 0 Å². The third-order valence-electron chi connectivity index (χ3n) is 3.93. The van der Waals surface area contributed by atoms with E-state index in [9.17, 15) is 9.59 Å². The summed E-state index contributed by atoms with van der Waals surface area (Å²) in [4.78, 5) is 26.0. The number of carbonyl (C=O) groups is 2. The second-order valence-electron chi connectivity index (χ2n) is 5.51. The van der Waals surface area contributed by atoms with Crippen LogP contribution in [0.4, 0.5) is 0 Å². The molecule has 0 aromatic heterocycles. The van der Waals surface area contributed by atoms with Crippen LogP contribution in [0.25, 0.3) is 0 Å². The van der Waals surface area contributed by atoms with Crippen molar-refractivity contribution in [3.63, 3.8) is 0 Å². The molecule has 0 spiro atoms. The molecule has 3 nitrogen and oxygen atoms in total. The molecule has 17 heavy (non-hydrogen) atoms. The van der Waals surface area contributed by atoms with Gasteiger partial charge in [-0.2, -0.15) is 0 Å². The average Bonchev–Trinajstić information content (AvgIpc) is 2.92. The molecule has 4 heteroatoms. The minimum Gasteiger partial charge on any atom is -0.282 e. The van der Waals surface area contributed by atoms with Crippen molar-refractivity contribution in [2.24, 2.45) is 17.8 Å². The van der Waals surface area contributed by atoms with Crippen molar-refractivity contribution < 1.29 is 9.59 Å². The van der Waals surface area contributed by atoms with E-state index in [1.807, 2.05) is 0 Å². The summed E-state index contributed by atoms with van der Waals surface area (Å²) in [7, 11) is 0. The van der Waals surface area contributed by atoms with Crippen LogP contribution < -0.4 is 0 Å². The van der Waals surface area contributed by atoms with Gasteiger partial charge < -0.3 is 0 Å². The van der Waals surface area contributed by atoms with Crippen LogP contribution in [0.2, 0.25) is 0 Å². The number of imide groups is 1. The topological polar surface area (TPSA) is 37.4 Å². The molecule has 2 saturated heterocycles. The highest BCUT2D eigenvalue weighted by atomic mass is 32.2. The number of likely N-dealkylation sites (tertiary alicyclic amines) is 1. The number of nitrogens with zero attached hydrogens (tertiary/aromatic N) is 1. The van der Waals surface area contributed by atoms with E-state index in [0.717, 1.165) is 6.42 Å². The molecule has 4 atom stereocenters. The maximum Gasteiger partial charge on any atom is 0.234 e. The van der Waals surface area contributed by atoms with Gasteiger partial charge in [-0.15, -0.1) is 11.8 Å². The summed E-state index contributed by atoms with van der Waals surface area (Å²) >= 11 is 1.78. The zero-order valence-electron chi connectivity index (χ0n) is 10.1. The van der Waals surface area contributed by atoms with Crippen LogP contribution in [0, 0.1) is 17.8 Å². The monoisotopic (exact) mass is 251 g/mol.